The number of hydrogen-bond donors (Lipinski definition) is 1. The van der Waals surface area contributed by atoms with Crippen LogP contribution in [0.5, 0.6) is 11.5 Å². The molecule has 3 rings (SSSR count). The van der Waals surface area contributed by atoms with E-state index in [1.165, 1.54) is 24.0 Å². The number of ether oxygens (including phenoxy) is 2. The van der Waals surface area contributed by atoms with Gasteiger partial charge in [-0.3, -0.25) is 0 Å². The van der Waals surface area contributed by atoms with Crippen molar-refractivity contribution in [1.82, 2.24) is 0 Å². The molecule has 0 fully saturated rings. The summed E-state index contributed by atoms with van der Waals surface area (Å²) in [6.07, 6.45) is 5.41. The van der Waals surface area contributed by atoms with Gasteiger partial charge >= 0.3 is 33.9 Å². The zero-order valence-electron chi connectivity index (χ0n) is 15.1. The smallest absolute Gasteiger partial charge is 0 e. The molecule has 140 valence electrons. The van der Waals surface area contributed by atoms with Crippen molar-refractivity contribution >= 4 is 0 Å². The summed E-state index contributed by atoms with van der Waals surface area (Å²) in [4.78, 5) is 0. The summed E-state index contributed by atoms with van der Waals surface area (Å²) in [5, 5.41) is 10.8. The van der Waals surface area contributed by atoms with E-state index in [9.17, 15) is 5.11 Å². The molecule has 0 bridgehead atoms. The summed E-state index contributed by atoms with van der Waals surface area (Å²) in [5.74, 6) is 2.05. The summed E-state index contributed by atoms with van der Waals surface area (Å²) < 4.78 is 33.5. The summed E-state index contributed by atoms with van der Waals surface area (Å²) in [7, 11) is 3.32. The van der Waals surface area contributed by atoms with E-state index in [-0.39, 0.29) is 17.4 Å². The zero-order chi connectivity index (χ0) is 19.6. The third-order valence-electron chi connectivity index (χ3n) is 4.72. The van der Waals surface area contributed by atoms with Crippen LogP contribution < -0.4 is 9.47 Å². The number of hydrogen-bond acceptors (Lipinski definition) is 3. The van der Waals surface area contributed by atoms with E-state index in [1.54, 1.807) is 14.2 Å². The molecule has 1 N–H and O–H groups in total. The van der Waals surface area contributed by atoms with Gasteiger partial charge in [0.1, 0.15) is 0 Å². The maximum absolute atomic E-state index is 10.8. The van der Waals surface area contributed by atoms with Gasteiger partial charge in [-0.25, -0.2) is 0 Å². The molecule has 26 heavy (non-hydrogen) atoms. The standard InChI is InChI=1S/C16H22O3.3CO.Cr/c1-16(17)8-7-10-5-4-6-11-9-12(18-2)15(19-3)14(16)13(10)11;3*1-2;/h9-10,17H,4-8H2,1-3H3;;;;/t10-,16-;;;;/m0..../s1. The van der Waals surface area contributed by atoms with Crippen molar-refractivity contribution in [2.45, 2.75) is 50.5 Å². The molecule has 6 nitrogen and oxygen atoms in total. The van der Waals surface area contributed by atoms with Gasteiger partial charge in [0.05, 0.1) is 19.8 Å². The minimum absolute atomic E-state index is 0. The van der Waals surface area contributed by atoms with E-state index in [0.29, 0.717) is 5.92 Å². The van der Waals surface area contributed by atoms with Crippen molar-refractivity contribution in [3.8, 4) is 11.5 Å². The molecule has 0 amide bonds. The second-order valence-corrected chi connectivity index (χ2v) is 5.96. The first-order valence-electron chi connectivity index (χ1n) is 7.70. The van der Waals surface area contributed by atoms with E-state index in [1.807, 2.05) is 6.92 Å². The van der Waals surface area contributed by atoms with Crippen LogP contribution in [0.15, 0.2) is 6.07 Å². The summed E-state index contributed by atoms with van der Waals surface area (Å²) in [5.41, 5.74) is 2.84. The average molecular weight is 398 g/mol. The maximum Gasteiger partial charge on any atom is 0 e. The molecule has 2 aliphatic rings. The molecule has 0 heterocycles. The van der Waals surface area contributed by atoms with Gasteiger partial charge in [-0.2, -0.15) is 0 Å². The molecule has 2 aliphatic carbocycles. The van der Waals surface area contributed by atoms with E-state index in [2.05, 4.69) is 26.0 Å². The van der Waals surface area contributed by atoms with Crippen molar-refractivity contribution in [3.05, 3.63) is 42.7 Å². The fraction of sp³-hybridized carbons (Fsp3) is 0.526. The molecule has 0 radical (unpaired) electrons. The van der Waals surface area contributed by atoms with Crippen molar-refractivity contribution < 1.29 is 45.9 Å². The Bertz CT molecular complexity index is 619. The van der Waals surface area contributed by atoms with Crippen LogP contribution in [-0.2, 0) is 43.3 Å². The first-order valence-corrected chi connectivity index (χ1v) is 7.70. The fourth-order valence-corrected chi connectivity index (χ4v) is 3.82. The average Bonchev–Trinajstić information content (AvgIpc) is 2.68. The maximum atomic E-state index is 10.8. The van der Waals surface area contributed by atoms with Gasteiger partial charge in [-0.15, -0.1) is 0 Å². The third kappa shape index (κ3) is 5.27. The summed E-state index contributed by atoms with van der Waals surface area (Å²) >= 11 is 0. The molecule has 2 atom stereocenters. The van der Waals surface area contributed by atoms with Gasteiger partial charge in [-0.05, 0) is 62.1 Å². The van der Waals surface area contributed by atoms with E-state index in [4.69, 9.17) is 23.4 Å². The normalized spacial score (nSPS) is 21.2. The Kier molecular flexibility index (Phi) is 13.2. The van der Waals surface area contributed by atoms with E-state index >= 15 is 0 Å². The molecular weight excluding hydrogens is 376 g/mol. The molecule has 0 saturated carbocycles. The predicted octanol–water partition coefficient (Wildman–Crippen LogP) is 3.01. The van der Waals surface area contributed by atoms with Gasteiger partial charge in [0.15, 0.2) is 11.5 Å². The van der Waals surface area contributed by atoms with Gasteiger partial charge < -0.3 is 14.6 Å². The van der Waals surface area contributed by atoms with Gasteiger partial charge in [0.2, 0.25) is 0 Å². The minimum atomic E-state index is -0.808. The Morgan fingerprint density at radius 2 is 1.65 bits per heavy atom. The quantitative estimate of drug-likeness (QED) is 0.612. The second-order valence-electron chi connectivity index (χ2n) is 5.96. The SMILES string of the molecule is COc1cc2c3c(c1OC)[C@@](C)(O)CC[C@@H]3CCC2.[C-]#[O+].[C-]#[O+].[C-]#[O+].[Cr]. The first kappa shape index (κ1) is 26.8. The fourth-order valence-electron chi connectivity index (χ4n) is 3.82. The summed E-state index contributed by atoms with van der Waals surface area (Å²) in [6.45, 7) is 15.4. The molecule has 0 unspecified atom stereocenters. The van der Waals surface area contributed by atoms with Crippen LogP contribution in [0.3, 0.4) is 0 Å². The minimum Gasteiger partial charge on any atom is 0 e. The Labute approximate surface area is 165 Å². The zero-order valence-corrected chi connectivity index (χ0v) is 16.4. The molecule has 1 aromatic rings. The Balaban J connectivity index is 0. The first-order chi connectivity index (χ1) is 12.1. The van der Waals surface area contributed by atoms with Crippen molar-refractivity contribution in [3.63, 3.8) is 0 Å². The Morgan fingerprint density at radius 3 is 2.15 bits per heavy atom. The molecule has 7 heteroatoms. The van der Waals surface area contributed by atoms with E-state index < -0.39 is 5.60 Å². The van der Waals surface area contributed by atoms with Crippen molar-refractivity contribution in [1.29, 1.82) is 0 Å². The van der Waals surface area contributed by atoms with Crippen molar-refractivity contribution in [2.24, 2.45) is 0 Å². The molecule has 1 aromatic carbocycles. The second kappa shape index (κ2) is 12.8. The summed E-state index contributed by atoms with van der Waals surface area (Å²) in [6, 6.07) is 2.10. The van der Waals surface area contributed by atoms with Crippen LogP contribution in [0.2, 0.25) is 0 Å². The Hall–Kier alpha value is -1.47. The van der Waals surface area contributed by atoms with Gasteiger partial charge in [0, 0.05) is 22.9 Å². The number of benzene rings is 1. The molecule has 0 aromatic heterocycles. The van der Waals surface area contributed by atoms with E-state index in [0.717, 1.165) is 36.3 Å². The topological polar surface area (TPSA) is 98.4 Å². The van der Waals surface area contributed by atoms with Crippen LogP contribution in [0.25, 0.3) is 0 Å². The van der Waals surface area contributed by atoms with Gasteiger partial charge in [0.25, 0.3) is 0 Å². The number of rotatable bonds is 2. The van der Waals surface area contributed by atoms with Crippen LogP contribution in [0.4, 0.5) is 0 Å². The predicted molar refractivity (Wildman–Crippen MR) is 85.8 cm³/mol. The van der Waals surface area contributed by atoms with Crippen LogP contribution in [0.1, 0.15) is 55.2 Å². The monoisotopic (exact) mass is 398 g/mol. The number of aliphatic hydroxyl groups is 1. The van der Waals surface area contributed by atoms with Crippen molar-refractivity contribution in [2.75, 3.05) is 14.2 Å². The van der Waals surface area contributed by atoms with Gasteiger partial charge in [-0.1, -0.05) is 0 Å². The Morgan fingerprint density at radius 1 is 1.08 bits per heavy atom. The molecule has 0 saturated heterocycles. The molecule has 0 aliphatic heterocycles. The van der Waals surface area contributed by atoms with Crippen LogP contribution >= 0.6 is 0 Å². The molecule has 0 spiro atoms. The number of methoxy groups -OCH3 is 2. The molecular formula is C19H22CrO6. The van der Waals surface area contributed by atoms with Crippen LogP contribution in [-0.4, -0.2) is 19.3 Å². The number of aryl methyl sites for hydroxylation is 1. The third-order valence-corrected chi connectivity index (χ3v) is 4.72. The van der Waals surface area contributed by atoms with Crippen LogP contribution in [0, 0.1) is 20.0 Å². The largest absolute Gasteiger partial charge is 0 e.